The van der Waals surface area contributed by atoms with Crippen LogP contribution in [0.5, 0.6) is 0 Å². The number of carbonyl (C=O) groups is 3. The first-order valence-electron chi connectivity index (χ1n) is 6.18. The molecule has 9 nitrogen and oxygen atoms in total. The molecule has 0 aliphatic heterocycles. The molecule has 0 spiro atoms. The molecule has 124 valence electrons. The molecule has 0 saturated heterocycles. The largest absolute Gasteiger partial charge is 0.481 e. The van der Waals surface area contributed by atoms with E-state index in [-0.39, 0.29) is 11.5 Å². The maximum atomic E-state index is 10.1. The molecule has 0 aliphatic rings. The Balaban J connectivity index is 0. The molecule has 0 radical (unpaired) electrons. The highest BCUT2D eigenvalue weighted by molar-refractivity contribution is 8.00. The van der Waals surface area contributed by atoms with Gasteiger partial charge in [0.15, 0.2) is 0 Å². The highest BCUT2D eigenvalue weighted by atomic mass is 32.2. The molecule has 0 aromatic carbocycles. The lowest BCUT2D eigenvalue weighted by atomic mass is 10.1. The van der Waals surface area contributed by atoms with Gasteiger partial charge in [-0.05, 0) is 19.4 Å². The van der Waals surface area contributed by atoms with E-state index in [0.717, 1.165) is 24.6 Å². The molecule has 0 amide bonds. The molecule has 0 rings (SSSR count). The molecule has 0 aromatic rings. The summed E-state index contributed by atoms with van der Waals surface area (Å²) in [5.41, 5.74) is 15.5. The van der Waals surface area contributed by atoms with Crippen molar-refractivity contribution in [2.75, 3.05) is 18.1 Å². The van der Waals surface area contributed by atoms with Gasteiger partial charge in [-0.15, -0.1) is 11.8 Å². The SMILES string of the molecule is NCCCCC(N)C(=O)O.N[C@@H](CSCC(=O)O)C(=O)O. The molecule has 10 heteroatoms. The van der Waals surface area contributed by atoms with Crippen molar-refractivity contribution in [2.45, 2.75) is 31.3 Å². The van der Waals surface area contributed by atoms with Gasteiger partial charge < -0.3 is 32.5 Å². The van der Waals surface area contributed by atoms with Crippen LogP contribution in [0.3, 0.4) is 0 Å². The number of nitrogens with two attached hydrogens (primary N) is 3. The topological polar surface area (TPSA) is 190 Å². The lowest BCUT2D eigenvalue weighted by molar-refractivity contribution is -0.139. The normalized spacial score (nSPS) is 12.7. The van der Waals surface area contributed by atoms with Gasteiger partial charge in [-0.1, -0.05) is 6.42 Å². The molecule has 21 heavy (non-hydrogen) atoms. The third-order valence-corrected chi connectivity index (χ3v) is 3.17. The maximum absolute atomic E-state index is 10.1. The van der Waals surface area contributed by atoms with E-state index in [9.17, 15) is 14.4 Å². The fourth-order valence-corrected chi connectivity index (χ4v) is 1.67. The van der Waals surface area contributed by atoms with Crippen LogP contribution in [0.25, 0.3) is 0 Å². The zero-order chi connectivity index (χ0) is 16.8. The van der Waals surface area contributed by atoms with Gasteiger partial charge >= 0.3 is 17.9 Å². The van der Waals surface area contributed by atoms with Crippen LogP contribution in [-0.2, 0) is 14.4 Å². The number of aliphatic carboxylic acids is 3. The molecule has 1 unspecified atom stereocenters. The first kappa shape index (κ1) is 21.9. The Hall–Kier alpha value is -1.36. The van der Waals surface area contributed by atoms with Crippen LogP contribution in [0.1, 0.15) is 19.3 Å². The van der Waals surface area contributed by atoms with Gasteiger partial charge in [-0.3, -0.25) is 14.4 Å². The molecular weight excluding hydrogens is 302 g/mol. The maximum Gasteiger partial charge on any atom is 0.321 e. The van der Waals surface area contributed by atoms with Crippen molar-refractivity contribution in [1.29, 1.82) is 0 Å². The number of carboxylic acids is 3. The van der Waals surface area contributed by atoms with Gasteiger partial charge in [0.1, 0.15) is 12.1 Å². The second-order valence-electron chi connectivity index (χ2n) is 4.08. The molecule has 0 bridgehead atoms. The monoisotopic (exact) mass is 325 g/mol. The summed E-state index contributed by atoms with van der Waals surface area (Å²) >= 11 is 0.992. The minimum absolute atomic E-state index is 0.110. The Morgan fingerprint density at radius 3 is 1.86 bits per heavy atom. The molecular formula is C11H23N3O6S. The van der Waals surface area contributed by atoms with E-state index in [1.54, 1.807) is 0 Å². The van der Waals surface area contributed by atoms with E-state index in [4.69, 9.17) is 32.5 Å². The fourth-order valence-electron chi connectivity index (χ4n) is 0.977. The second kappa shape index (κ2) is 13.6. The standard InChI is InChI=1S/C6H14N2O2.C5H9NO4S/c7-4-2-1-3-5(8)6(9)10;6-3(5(9)10)1-11-2-4(7)8/h5H,1-4,7-8H2,(H,9,10);3H,1-2,6H2,(H,7,8)(H,9,10)/t;3-/m.0/s1. The molecule has 0 saturated carbocycles. The summed E-state index contributed by atoms with van der Waals surface area (Å²) in [6.45, 7) is 0.604. The number of thioether (sulfide) groups is 1. The Kier molecular flexibility index (Phi) is 14.2. The highest BCUT2D eigenvalue weighted by Crippen LogP contribution is 2.00. The van der Waals surface area contributed by atoms with Gasteiger partial charge in [-0.25, -0.2) is 0 Å². The molecule has 9 N–H and O–H groups in total. The van der Waals surface area contributed by atoms with Crippen LogP contribution in [-0.4, -0.2) is 63.4 Å². The number of hydrogen-bond donors (Lipinski definition) is 6. The lowest BCUT2D eigenvalue weighted by Crippen LogP contribution is -2.32. The van der Waals surface area contributed by atoms with Crippen molar-refractivity contribution in [3.8, 4) is 0 Å². The zero-order valence-electron chi connectivity index (χ0n) is 11.6. The van der Waals surface area contributed by atoms with E-state index in [0.29, 0.717) is 13.0 Å². The van der Waals surface area contributed by atoms with Gasteiger partial charge in [0.25, 0.3) is 0 Å². The van der Waals surface area contributed by atoms with Crippen LogP contribution in [0, 0.1) is 0 Å². The Morgan fingerprint density at radius 1 is 0.952 bits per heavy atom. The van der Waals surface area contributed by atoms with Gasteiger partial charge in [0.2, 0.25) is 0 Å². The van der Waals surface area contributed by atoms with E-state index in [1.165, 1.54) is 0 Å². The summed E-state index contributed by atoms with van der Waals surface area (Å²) in [4.78, 5) is 30.2. The van der Waals surface area contributed by atoms with Crippen molar-refractivity contribution in [3.63, 3.8) is 0 Å². The molecule has 0 aromatic heterocycles. The van der Waals surface area contributed by atoms with Crippen LogP contribution in [0.4, 0.5) is 0 Å². The van der Waals surface area contributed by atoms with Crippen LogP contribution in [0.2, 0.25) is 0 Å². The number of carboxylic acid groups (broad SMARTS) is 3. The molecule has 0 fully saturated rings. The van der Waals surface area contributed by atoms with Crippen molar-refractivity contribution in [1.82, 2.24) is 0 Å². The molecule has 2 atom stereocenters. The van der Waals surface area contributed by atoms with Crippen LogP contribution in [0.15, 0.2) is 0 Å². The first-order valence-corrected chi connectivity index (χ1v) is 7.34. The summed E-state index contributed by atoms with van der Waals surface area (Å²) in [5.74, 6) is -2.99. The van der Waals surface area contributed by atoms with E-state index >= 15 is 0 Å². The average Bonchev–Trinajstić information content (AvgIpc) is 2.38. The predicted molar refractivity (Wildman–Crippen MR) is 79.1 cm³/mol. The first-order chi connectivity index (χ1) is 9.72. The number of hydrogen-bond acceptors (Lipinski definition) is 7. The summed E-state index contributed by atoms with van der Waals surface area (Å²) in [7, 11) is 0. The van der Waals surface area contributed by atoms with E-state index in [1.807, 2.05) is 0 Å². The predicted octanol–water partition coefficient (Wildman–Crippen LogP) is -1.26. The van der Waals surface area contributed by atoms with Crippen LogP contribution < -0.4 is 17.2 Å². The smallest absolute Gasteiger partial charge is 0.321 e. The number of unbranched alkanes of at least 4 members (excludes halogenated alkanes) is 1. The summed E-state index contributed by atoms with van der Waals surface area (Å²) in [6.07, 6.45) is 2.16. The van der Waals surface area contributed by atoms with Crippen molar-refractivity contribution in [3.05, 3.63) is 0 Å². The second-order valence-corrected chi connectivity index (χ2v) is 5.11. The minimum atomic E-state index is -1.11. The van der Waals surface area contributed by atoms with Crippen molar-refractivity contribution < 1.29 is 29.7 Å². The van der Waals surface area contributed by atoms with Gasteiger partial charge in [-0.2, -0.15) is 0 Å². The molecule has 0 heterocycles. The van der Waals surface area contributed by atoms with Crippen LogP contribution >= 0.6 is 11.8 Å². The van der Waals surface area contributed by atoms with E-state index in [2.05, 4.69) is 0 Å². The zero-order valence-corrected chi connectivity index (χ0v) is 12.4. The van der Waals surface area contributed by atoms with Gasteiger partial charge in [0, 0.05) is 5.75 Å². The Labute approximate surface area is 126 Å². The van der Waals surface area contributed by atoms with E-state index < -0.39 is 30.0 Å². The molecule has 0 aliphatic carbocycles. The third-order valence-electron chi connectivity index (χ3n) is 2.13. The summed E-state index contributed by atoms with van der Waals surface area (Å²) in [5, 5.41) is 24.7. The third kappa shape index (κ3) is 16.6. The number of rotatable bonds is 10. The lowest BCUT2D eigenvalue weighted by Gasteiger charge is -2.03. The summed E-state index contributed by atoms with van der Waals surface area (Å²) < 4.78 is 0. The van der Waals surface area contributed by atoms with Gasteiger partial charge in [0.05, 0.1) is 5.75 Å². The fraction of sp³-hybridized carbons (Fsp3) is 0.727. The Morgan fingerprint density at radius 2 is 1.48 bits per heavy atom. The average molecular weight is 325 g/mol. The quantitative estimate of drug-likeness (QED) is 0.264. The summed E-state index contributed by atoms with van der Waals surface area (Å²) in [6, 6.07) is -1.69. The van der Waals surface area contributed by atoms with Crippen molar-refractivity contribution in [2.24, 2.45) is 17.2 Å². The van der Waals surface area contributed by atoms with Crippen molar-refractivity contribution >= 4 is 29.7 Å². The highest BCUT2D eigenvalue weighted by Gasteiger charge is 2.11. The Bertz CT molecular complexity index is 329. The minimum Gasteiger partial charge on any atom is -0.481 e.